The van der Waals surface area contributed by atoms with E-state index in [9.17, 15) is 0 Å². The van der Waals surface area contributed by atoms with Crippen LogP contribution in [0.2, 0.25) is 0 Å². The van der Waals surface area contributed by atoms with E-state index in [1.807, 2.05) is 42.5 Å². The SMILES string of the molecule is COc1ccc(-c2cc3ccnnc3[nH]2)cc1C(N)c1cccnc1. The summed E-state index contributed by atoms with van der Waals surface area (Å²) in [6, 6.07) is 13.4. The number of nitrogens with two attached hydrogens (primary N) is 1. The van der Waals surface area contributed by atoms with Crippen LogP contribution in [-0.4, -0.2) is 27.3 Å². The van der Waals surface area contributed by atoms with Gasteiger partial charge in [-0.05, 0) is 47.5 Å². The van der Waals surface area contributed by atoms with Crippen molar-refractivity contribution in [1.82, 2.24) is 20.2 Å². The second-order valence-electron chi connectivity index (χ2n) is 5.74. The second kappa shape index (κ2) is 6.33. The Labute approximate surface area is 144 Å². The largest absolute Gasteiger partial charge is 0.496 e. The molecule has 1 aromatic carbocycles. The Morgan fingerprint density at radius 3 is 2.80 bits per heavy atom. The molecule has 124 valence electrons. The van der Waals surface area contributed by atoms with E-state index in [0.717, 1.165) is 39.2 Å². The highest BCUT2D eigenvalue weighted by Crippen LogP contribution is 2.33. The zero-order chi connectivity index (χ0) is 17.2. The van der Waals surface area contributed by atoms with Crippen molar-refractivity contribution >= 4 is 11.0 Å². The van der Waals surface area contributed by atoms with Gasteiger partial charge in [0.1, 0.15) is 5.75 Å². The van der Waals surface area contributed by atoms with Crippen LogP contribution in [0.15, 0.2) is 61.1 Å². The molecule has 0 aliphatic heterocycles. The number of ether oxygens (including phenoxy) is 1. The highest BCUT2D eigenvalue weighted by molar-refractivity contribution is 5.82. The van der Waals surface area contributed by atoms with Gasteiger partial charge in [0.2, 0.25) is 0 Å². The monoisotopic (exact) mass is 331 g/mol. The van der Waals surface area contributed by atoms with Gasteiger partial charge in [-0.15, -0.1) is 5.10 Å². The van der Waals surface area contributed by atoms with Gasteiger partial charge in [0, 0.05) is 29.0 Å². The maximum atomic E-state index is 6.46. The third-order valence-corrected chi connectivity index (χ3v) is 4.22. The zero-order valence-electron chi connectivity index (χ0n) is 13.7. The molecular weight excluding hydrogens is 314 g/mol. The Kier molecular flexibility index (Phi) is 3.87. The van der Waals surface area contributed by atoms with E-state index in [-0.39, 0.29) is 6.04 Å². The van der Waals surface area contributed by atoms with Crippen LogP contribution in [0.1, 0.15) is 17.2 Å². The third kappa shape index (κ3) is 2.83. The number of aromatic amines is 1. The molecule has 6 nitrogen and oxygen atoms in total. The predicted molar refractivity (Wildman–Crippen MR) is 96.1 cm³/mol. The fourth-order valence-corrected chi connectivity index (χ4v) is 2.91. The number of nitrogens with zero attached hydrogens (tertiary/aromatic N) is 3. The average Bonchev–Trinajstić information content (AvgIpc) is 3.12. The second-order valence-corrected chi connectivity index (χ2v) is 5.74. The summed E-state index contributed by atoms with van der Waals surface area (Å²) in [5.74, 6) is 0.746. The average molecular weight is 331 g/mol. The summed E-state index contributed by atoms with van der Waals surface area (Å²) in [7, 11) is 1.65. The number of fused-ring (bicyclic) bond motifs is 1. The fraction of sp³-hybridized carbons (Fsp3) is 0.105. The lowest BCUT2D eigenvalue weighted by Crippen LogP contribution is -2.13. The third-order valence-electron chi connectivity index (χ3n) is 4.22. The van der Waals surface area contributed by atoms with Gasteiger partial charge in [0.25, 0.3) is 0 Å². The standard InChI is InChI=1S/C19H17N5O/c1-25-17-5-4-12(16-10-13-6-8-22-24-19(13)23-16)9-15(17)18(20)14-3-2-7-21-11-14/h2-11,18H,20H2,1H3,(H,23,24). The summed E-state index contributed by atoms with van der Waals surface area (Å²) in [6.45, 7) is 0. The molecule has 0 bridgehead atoms. The molecular formula is C19H17N5O. The minimum Gasteiger partial charge on any atom is -0.496 e. The first kappa shape index (κ1) is 15.3. The Bertz CT molecular complexity index is 980. The molecule has 0 saturated carbocycles. The van der Waals surface area contributed by atoms with Crippen LogP contribution in [0.25, 0.3) is 22.3 Å². The van der Waals surface area contributed by atoms with Crippen LogP contribution in [0, 0.1) is 0 Å². The molecule has 0 saturated heterocycles. The van der Waals surface area contributed by atoms with Crippen molar-refractivity contribution in [2.75, 3.05) is 7.11 Å². The first-order valence-electron chi connectivity index (χ1n) is 7.90. The van der Waals surface area contributed by atoms with Crippen LogP contribution >= 0.6 is 0 Å². The van der Waals surface area contributed by atoms with E-state index >= 15 is 0 Å². The molecule has 6 heteroatoms. The summed E-state index contributed by atoms with van der Waals surface area (Å²) in [4.78, 5) is 7.44. The Balaban J connectivity index is 1.80. The maximum absolute atomic E-state index is 6.46. The van der Waals surface area contributed by atoms with Crippen LogP contribution < -0.4 is 10.5 Å². The van der Waals surface area contributed by atoms with Crippen LogP contribution in [-0.2, 0) is 0 Å². The molecule has 1 atom stereocenters. The molecule has 0 radical (unpaired) electrons. The molecule has 0 aliphatic rings. The molecule has 25 heavy (non-hydrogen) atoms. The number of hydrogen-bond donors (Lipinski definition) is 2. The van der Waals surface area contributed by atoms with Gasteiger partial charge in [-0.1, -0.05) is 6.07 Å². The van der Waals surface area contributed by atoms with Crippen LogP contribution in [0.4, 0.5) is 0 Å². The number of hydrogen-bond acceptors (Lipinski definition) is 5. The topological polar surface area (TPSA) is 89.7 Å². The fourth-order valence-electron chi connectivity index (χ4n) is 2.91. The number of pyridine rings is 1. The first-order chi connectivity index (χ1) is 12.3. The van der Waals surface area contributed by atoms with E-state index in [4.69, 9.17) is 10.5 Å². The molecule has 0 fully saturated rings. The Hall–Kier alpha value is -3.25. The number of aromatic nitrogens is 4. The van der Waals surface area contributed by atoms with Gasteiger partial charge in [-0.2, -0.15) is 5.10 Å². The smallest absolute Gasteiger partial charge is 0.160 e. The van der Waals surface area contributed by atoms with Crippen molar-refractivity contribution in [3.63, 3.8) is 0 Å². The quantitative estimate of drug-likeness (QED) is 0.600. The molecule has 3 N–H and O–H groups in total. The molecule has 4 aromatic rings. The van der Waals surface area contributed by atoms with Gasteiger partial charge in [-0.25, -0.2) is 0 Å². The van der Waals surface area contributed by atoms with Gasteiger partial charge in [0.05, 0.1) is 19.3 Å². The Morgan fingerprint density at radius 2 is 2.04 bits per heavy atom. The highest BCUT2D eigenvalue weighted by Gasteiger charge is 2.16. The molecule has 0 aliphatic carbocycles. The van der Waals surface area contributed by atoms with Crippen molar-refractivity contribution in [2.24, 2.45) is 5.73 Å². The van der Waals surface area contributed by atoms with E-state index in [1.165, 1.54) is 0 Å². The molecule has 1 unspecified atom stereocenters. The lowest BCUT2D eigenvalue weighted by Gasteiger charge is -2.17. The number of rotatable bonds is 4. The van der Waals surface area contributed by atoms with Crippen LogP contribution in [0.5, 0.6) is 5.75 Å². The first-order valence-corrected chi connectivity index (χ1v) is 7.90. The molecule has 3 aromatic heterocycles. The van der Waals surface area contributed by atoms with Crippen molar-refractivity contribution in [2.45, 2.75) is 6.04 Å². The van der Waals surface area contributed by atoms with Crippen LogP contribution in [0.3, 0.4) is 0 Å². The van der Waals surface area contributed by atoms with Crippen molar-refractivity contribution in [3.8, 4) is 17.0 Å². The minimum absolute atomic E-state index is 0.326. The highest BCUT2D eigenvalue weighted by atomic mass is 16.5. The van der Waals surface area contributed by atoms with E-state index in [2.05, 4.69) is 20.2 Å². The summed E-state index contributed by atoms with van der Waals surface area (Å²) >= 11 is 0. The summed E-state index contributed by atoms with van der Waals surface area (Å²) in [5, 5.41) is 9.02. The number of nitrogens with one attached hydrogen (secondary N) is 1. The van der Waals surface area contributed by atoms with Crippen molar-refractivity contribution in [1.29, 1.82) is 0 Å². The Morgan fingerprint density at radius 1 is 1.12 bits per heavy atom. The molecule has 0 spiro atoms. The normalized spacial score (nSPS) is 12.2. The van der Waals surface area contributed by atoms with E-state index < -0.39 is 0 Å². The lowest BCUT2D eigenvalue weighted by molar-refractivity contribution is 0.408. The number of H-pyrrole nitrogens is 1. The van der Waals surface area contributed by atoms with E-state index in [1.54, 1.807) is 25.7 Å². The summed E-state index contributed by atoms with van der Waals surface area (Å²) in [5.41, 5.74) is 11.0. The van der Waals surface area contributed by atoms with Gasteiger partial charge >= 0.3 is 0 Å². The zero-order valence-corrected chi connectivity index (χ0v) is 13.7. The van der Waals surface area contributed by atoms with Gasteiger partial charge < -0.3 is 15.5 Å². The van der Waals surface area contributed by atoms with Gasteiger partial charge in [0.15, 0.2) is 5.65 Å². The molecule has 4 rings (SSSR count). The molecule has 3 heterocycles. The van der Waals surface area contributed by atoms with Crippen molar-refractivity contribution < 1.29 is 4.74 Å². The minimum atomic E-state index is -0.326. The predicted octanol–water partition coefficient (Wildman–Crippen LogP) is 3.08. The lowest BCUT2D eigenvalue weighted by atomic mass is 9.97. The number of benzene rings is 1. The summed E-state index contributed by atoms with van der Waals surface area (Å²) in [6.07, 6.45) is 5.18. The number of methoxy groups -OCH3 is 1. The summed E-state index contributed by atoms with van der Waals surface area (Å²) < 4.78 is 5.50. The van der Waals surface area contributed by atoms with Gasteiger partial charge in [-0.3, -0.25) is 4.98 Å². The van der Waals surface area contributed by atoms with E-state index in [0.29, 0.717) is 0 Å². The maximum Gasteiger partial charge on any atom is 0.160 e. The molecule has 0 amide bonds. The van der Waals surface area contributed by atoms with Crippen molar-refractivity contribution in [3.05, 3.63) is 72.2 Å².